The maximum Gasteiger partial charge on any atom is 0.346 e. The van der Waals surface area contributed by atoms with Gasteiger partial charge in [-0.2, -0.15) is 0 Å². The number of rotatable bonds is 1. The molecule has 14 saturated carbocycles. The Hall–Kier alpha value is -1.46. The van der Waals surface area contributed by atoms with Crippen LogP contribution in [0.2, 0.25) is 0 Å². The van der Waals surface area contributed by atoms with Crippen molar-refractivity contribution in [3.8, 4) is 0 Å². The fourth-order valence-electron chi connectivity index (χ4n) is 18.9. The van der Waals surface area contributed by atoms with Crippen LogP contribution in [0.25, 0.3) is 16.7 Å². The summed E-state index contributed by atoms with van der Waals surface area (Å²) >= 11 is 3.70. The molecule has 2 aliphatic heterocycles. The summed E-state index contributed by atoms with van der Waals surface area (Å²) in [4.78, 5) is 51.1. The SMILES string of the molecule is C/C(C1=CC(=O)OC1=O)=c1\ccs\c1=C1/C2C[C@H]3C4CC5CC3[C@@H](C2)[C@@H](C5)C14.CC1=C2C(=O)OC(=O)[C@@H]2[C@]2(c3sccc31)C1C[C@@H]3C4CC5CC(C42)[C@H](C1)C3C5.[U].[V]. The van der Waals surface area contributed by atoms with Gasteiger partial charge in [-0.25, -0.2) is 14.4 Å². The van der Waals surface area contributed by atoms with Crippen molar-refractivity contribution in [2.75, 3.05) is 0 Å². The Morgan fingerprint density at radius 2 is 1.29 bits per heavy atom. The first-order valence-corrected chi connectivity index (χ1v) is 23.8. The maximum atomic E-state index is 13.2. The molecule has 1 radical (unpaired) electrons. The molecule has 2 aromatic rings. The summed E-state index contributed by atoms with van der Waals surface area (Å²) in [5, 5.41) is 5.53. The second kappa shape index (κ2) is 12.8. The normalized spacial score (nSPS) is 49.1. The van der Waals surface area contributed by atoms with Gasteiger partial charge in [-0.1, -0.05) is 0 Å². The molecule has 15 fully saturated rings. The monoisotopic (exact) mass is 1070 g/mol. The smallest absolute Gasteiger partial charge is 0.346 e. The predicted molar refractivity (Wildman–Crippen MR) is 210 cm³/mol. The number of carbonyl (C=O) groups excluding carboxylic acids is 4. The number of hydrogen-bond acceptors (Lipinski definition) is 8. The van der Waals surface area contributed by atoms with Gasteiger partial charge < -0.3 is 9.47 Å². The minimum absolute atomic E-state index is 0. The molecule has 1 spiro atoms. The van der Waals surface area contributed by atoms with E-state index in [1.165, 1.54) is 85.3 Å². The van der Waals surface area contributed by atoms with Crippen molar-refractivity contribution in [1.82, 2.24) is 0 Å². The van der Waals surface area contributed by atoms with Crippen molar-refractivity contribution in [3.05, 3.63) is 60.3 Å². The first-order chi connectivity index (χ1) is 27.2. The number of fused-ring (bicyclic) bond motifs is 2. The van der Waals surface area contributed by atoms with Crippen LogP contribution in [-0.4, -0.2) is 23.9 Å². The summed E-state index contributed by atoms with van der Waals surface area (Å²) in [5.74, 6) is 11.8. The molecule has 17 aliphatic rings. The van der Waals surface area contributed by atoms with Gasteiger partial charge in [-0.05, 0) is 223 Å². The number of esters is 4. The van der Waals surface area contributed by atoms with Crippen LogP contribution in [0, 0.1) is 132 Å². The molecule has 0 N–H and O–H groups in total. The fourth-order valence-corrected chi connectivity index (χ4v) is 21.3. The Morgan fingerprint density at radius 1 is 0.707 bits per heavy atom. The zero-order chi connectivity index (χ0) is 37.3. The quantitative estimate of drug-likeness (QED) is 0.218. The number of ether oxygens (including phenoxy) is 2. The topological polar surface area (TPSA) is 86.7 Å². The molecule has 18 atom stereocenters. The molecule has 0 aromatic carbocycles. The third-order valence-corrected chi connectivity index (χ3v) is 21.9. The van der Waals surface area contributed by atoms with E-state index in [0.717, 1.165) is 99.2 Å². The predicted octanol–water partition coefficient (Wildman–Crippen LogP) is 7.45. The van der Waals surface area contributed by atoms with Gasteiger partial charge in [-0.15, -0.1) is 22.7 Å². The summed E-state index contributed by atoms with van der Waals surface area (Å²) in [6, 6.07) is 4.35. The Balaban J connectivity index is 0.000000122. The van der Waals surface area contributed by atoms with E-state index in [4.69, 9.17) is 9.47 Å². The fraction of sp³-hybridized carbons (Fsp3) is 0.625. The van der Waals surface area contributed by atoms with Gasteiger partial charge in [0, 0.05) is 70.6 Å². The Morgan fingerprint density at radius 3 is 1.93 bits per heavy atom. The van der Waals surface area contributed by atoms with Crippen LogP contribution in [0.5, 0.6) is 0 Å². The third kappa shape index (κ3) is 4.49. The molecule has 6 nitrogen and oxygen atoms in total. The molecule has 297 valence electrons. The third-order valence-electron chi connectivity index (χ3n) is 19.8. The molecule has 16 bridgehead atoms. The van der Waals surface area contributed by atoms with Gasteiger partial charge in [-0.3, -0.25) is 4.79 Å². The minimum Gasteiger partial charge on any atom is -0.389 e. The molecule has 0 amide bonds. The summed E-state index contributed by atoms with van der Waals surface area (Å²) < 4.78 is 11.5. The molecule has 19 rings (SSSR count). The van der Waals surface area contributed by atoms with E-state index >= 15 is 0 Å². The van der Waals surface area contributed by atoms with Crippen LogP contribution in [0.4, 0.5) is 0 Å². The van der Waals surface area contributed by atoms with Crippen LogP contribution in [0.15, 0.2) is 40.1 Å². The van der Waals surface area contributed by atoms with Gasteiger partial charge in [0.15, 0.2) is 0 Å². The summed E-state index contributed by atoms with van der Waals surface area (Å²) in [7, 11) is 0. The van der Waals surface area contributed by atoms with Gasteiger partial charge >= 0.3 is 23.9 Å². The zero-order valence-electron chi connectivity index (χ0n) is 33.0. The van der Waals surface area contributed by atoms with E-state index in [1.807, 2.05) is 36.5 Å². The summed E-state index contributed by atoms with van der Waals surface area (Å²) in [6.07, 6.45) is 15.4. The molecule has 11 unspecified atom stereocenters. The zero-order valence-corrected chi connectivity index (χ0v) is 40.2. The van der Waals surface area contributed by atoms with Crippen LogP contribution >= 0.6 is 22.7 Å². The standard InChI is InChI=1S/2C24H24O3S.U.V/c1-9-12-2-3-28-21(12)24(20-18(9)22(25)27-23(20)26)11-7-14-13-4-10-5-16(14)19(24)17(6-10)15(13)8-11;1-10(14-9-20(25)27-24(14)26)13-2-3-28-23(13)21-12-7-16-15-4-11-5-18(16)22(21)19(6-11)17(15)8-12;;/h2-3,10-11,13-17,19-20H,4-8H2,1H3;2-3,9,11-12,15-19,22H,4-8H2,1H3;;/b;13-10-,23-21+;;/t10?,11?,13?,14-,15+,16?,17?,19?,20-,24+;11?,12?,15?,16-,17-,18-,19?,22?;;/m11../s1. The van der Waals surface area contributed by atoms with Crippen molar-refractivity contribution in [2.24, 2.45) is 101 Å². The average molecular weight is 1070 g/mol. The van der Waals surface area contributed by atoms with Gasteiger partial charge in [0.1, 0.15) is 5.92 Å². The van der Waals surface area contributed by atoms with E-state index in [9.17, 15) is 19.2 Å². The van der Waals surface area contributed by atoms with E-state index in [0.29, 0.717) is 23.0 Å². The molecular weight excluding hydrogens is 1030 g/mol. The van der Waals surface area contributed by atoms with Crippen LogP contribution in [-0.2, 0) is 52.6 Å². The van der Waals surface area contributed by atoms with Crippen molar-refractivity contribution >= 4 is 63.3 Å². The average Bonchev–Trinajstić information content (AvgIpc) is 4.01. The first kappa shape index (κ1) is 38.2. The van der Waals surface area contributed by atoms with Crippen molar-refractivity contribution in [3.63, 3.8) is 0 Å². The van der Waals surface area contributed by atoms with Gasteiger partial charge in [0.2, 0.25) is 0 Å². The van der Waals surface area contributed by atoms with Crippen molar-refractivity contribution < 1.29 is 78.3 Å². The van der Waals surface area contributed by atoms with E-state index in [2.05, 4.69) is 22.9 Å². The molecule has 1 saturated heterocycles. The Bertz CT molecular complexity index is 2410. The Labute approximate surface area is 382 Å². The van der Waals surface area contributed by atoms with Crippen LogP contribution < -0.4 is 9.75 Å². The van der Waals surface area contributed by atoms with Gasteiger partial charge in [0.05, 0.1) is 11.1 Å². The molecule has 10 heteroatoms. The largest absolute Gasteiger partial charge is 0.389 e. The van der Waals surface area contributed by atoms with Crippen LogP contribution in [0.3, 0.4) is 0 Å². The Kier molecular flexibility index (Phi) is 8.45. The van der Waals surface area contributed by atoms with Gasteiger partial charge in [0.25, 0.3) is 0 Å². The molecule has 2 aromatic heterocycles. The number of allylic oxidation sites excluding steroid dienone is 1. The van der Waals surface area contributed by atoms with Crippen molar-refractivity contribution in [1.29, 1.82) is 0 Å². The molecule has 58 heavy (non-hydrogen) atoms. The number of hydrogen-bond donors (Lipinski definition) is 0. The van der Waals surface area contributed by atoms with E-state index in [-0.39, 0.29) is 72.9 Å². The second-order valence-corrected chi connectivity index (χ2v) is 22.8. The first-order valence-electron chi connectivity index (χ1n) is 22.0. The summed E-state index contributed by atoms with van der Waals surface area (Å²) in [6.45, 7) is 4.01. The summed E-state index contributed by atoms with van der Waals surface area (Å²) in [5.41, 5.74) is 5.88. The number of carbonyl (C=O) groups is 4. The molecule has 15 aliphatic carbocycles. The minimum atomic E-state index is -0.535. The molecular formula is C48H48O6S2UV. The van der Waals surface area contributed by atoms with E-state index in [1.54, 1.807) is 5.57 Å². The molecule has 4 heterocycles. The maximum absolute atomic E-state index is 13.2. The van der Waals surface area contributed by atoms with E-state index < -0.39 is 11.9 Å². The van der Waals surface area contributed by atoms with Crippen LogP contribution in [0.1, 0.15) is 88.5 Å². The van der Waals surface area contributed by atoms with Crippen molar-refractivity contribution in [2.45, 2.75) is 83.5 Å². The second-order valence-electron chi connectivity index (χ2n) is 21.0. The number of cyclic esters (lactones) is 4. The number of thiophene rings is 2.